The first-order chi connectivity index (χ1) is 16.7. The first-order valence-electron chi connectivity index (χ1n) is 11.6. The lowest BCUT2D eigenvalue weighted by Gasteiger charge is -2.35. The molecule has 10 heteroatoms. The van der Waals surface area contributed by atoms with Crippen molar-refractivity contribution in [3.8, 4) is 0 Å². The smallest absolute Gasteiger partial charge is 0.237 e. The van der Waals surface area contributed by atoms with E-state index in [1.807, 2.05) is 13.0 Å². The van der Waals surface area contributed by atoms with E-state index in [0.29, 0.717) is 28.3 Å². The maximum Gasteiger partial charge on any atom is 0.237 e. The molecule has 0 aliphatic carbocycles. The number of aliphatic hydroxyl groups excluding tert-OH is 2. The summed E-state index contributed by atoms with van der Waals surface area (Å²) in [5.74, 6) is -2.06. The SMILES string of the molecule is CCC[C@H]1N[C@@H](C(=O)NCC[C@H](O)CO)[C@H](c2cccc(Cl)c2)[C@@]12C(=O)Nc1cc(Cl)c(F)cc12. The topological polar surface area (TPSA) is 111 Å². The number of nitrogens with one attached hydrogen (secondary N) is 3. The summed E-state index contributed by atoms with van der Waals surface area (Å²) in [6, 6.07) is 8.36. The number of amides is 2. The van der Waals surface area contributed by atoms with Crippen LogP contribution in [0.5, 0.6) is 0 Å². The molecule has 5 atom stereocenters. The molecule has 0 aromatic heterocycles. The molecule has 1 fully saturated rings. The molecule has 2 aromatic rings. The van der Waals surface area contributed by atoms with Gasteiger partial charge in [0.1, 0.15) is 11.2 Å². The number of carbonyl (C=O) groups is 2. The minimum atomic E-state index is -1.28. The van der Waals surface area contributed by atoms with Crippen molar-refractivity contribution in [3.05, 3.63) is 63.4 Å². The van der Waals surface area contributed by atoms with E-state index in [1.165, 1.54) is 12.1 Å². The van der Waals surface area contributed by atoms with Gasteiger partial charge in [-0.3, -0.25) is 9.59 Å². The van der Waals surface area contributed by atoms with Gasteiger partial charge in [0.05, 0.1) is 23.8 Å². The molecule has 35 heavy (non-hydrogen) atoms. The number of rotatable bonds is 8. The molecule has 2 heterocycles. The largest absolute Gasteiger partial charge is 0.394 e. The van der Waals surface area contributed by atoms with E-state index in [0.717, 1.165) is 6.42 Å². The van der Waals surface area contributed by atoms with Crippen LogP contribution in [-0.2, 0) is 15.0 Å². The van der Waals surface area contributed by atoms with Crippen molar-refractivity contribution in [2.24, 2.45) is 0 Å². The summed E-state index contributed by atoms with van der Waals surface area (Å²) in [7, 11) is 0. The first-order valence-corrected chi connectivity index (χ1v) is 12.4. The second-order valence-corrected chi connectivity index (χ2v) is 9.91. The highest BCUT2D eigenvalue weighted by atomic mass is 35.5. The molecule has 188 valence electrons. The standard InChI is InChI=1S/C25H28Cl2FN3O4/c1-2-4-20-25(16-10-18(28)17(27)11-19(16)30-24(25)35)21(13-5-3-6-14(26)9-13)22(31-20)23(34)29-8-7-15(33)12-32/h3,5-6,9-11,15,20-22,31-33H,2,4,7-8,12H2,1H3,(H,29,34)(H,30,35)/t15-,20+,21-,22+,25-/m0/s1. The average Bonchev–Trinajstić information content (AvgIpc) is 3.30. The van der Waals surface area contributed by atoms with E-state index in [1.54, 1.807) is 18.2 Å². The Balaban J connectivity index is 1.85. The summed E-state index contributed by atoms with van der Waals surface area (Å²) >= 11 is 12.3. The lowest BCUT2D eigenvalue weighted by molar-refractivity contribution is -0.124. The molecule has 7 nitrogen and oxygen atoms in total. The Morgan fingerprint density at radius 2 is 2.06 bits per heavy atom. The van der Waals surface area contributed by atoms with Gasteiger partial charge in [0, 0.05) is 29.2 Å². The van der Waals surface area contributed by atoms with E-state index in [4.69, 9.17) is 28.3 Å². The van der Waals surface area contributed by atoms with Crippen LogP contribution in [0.1, 0.15) is 43.2 Å². The summed E-state index contributed by atoms with van der Waals surface area (Å²) in [6.07, 6.45) is 0.501. The van der Waals surface area contributed by atoms with Gasteiger partial charge in [-0.2, -0.15) is 0 Å². The predicted octanol–water partition coefficient (Wildman–Crippen LogP) is 3.11. The number of carbonyl (C=O) groups excluding carboxylic acids is 2. The Kier molecular flexibility index (Phi) is 7.68. The van der Waals surface area contributed by atoms with Crippen LogP contribution in [0.4, 0.5) is 10.1 Å². The number of halogens is 3. The zero-order valence-corrected chi connectivity index (χ0v) is 20.7. The van der Waals surface area contributed by atoms with Gasteiger partial charge in [-0.1, -0.05) is 48.7 Å². The summed E-state index contributed by atoms with van der Waals surface area (Å²) in [5.41, 5.74) is 0.251. The Morgan fingerprint density at radius 3 is 2.74 bits per heavy atom. The van der Waals surface area contributed by atoms with Crippen LogP contribution < -0.4 is 16.0 Å². The zero-order valence-electron chi connectivity index (χ0n) is 19.2. The van der Waals surface area contributed by atoms with Gasteiger partial charge in [0.2, 0.25) is 11.8 Å². The molecule has 4 rings (SSSR count). The third-order valence-electron chi connectivity index (χ3n) is 6.94. The summed E-state index contributed by atoms with van der Waals surface area (Å²) in [4.78, 5) is 27.2. The van der Waals surface area contributed by atoms with Crippen molar-refractivity contribution in [1.29, 1.82) is 0 Å². The molecule has 1 spiro atoms. The third kappa shape index (κ3) is 4.54. The number of anilines is 1. The Labute approximate surface area is 213 Å². The maximum absolute atomic E-state index is 14.7. The van der Waals surface area contributed by atoms with Crippen LogP contribution in [0, 0.1) is 5.82 Å². The van der Waals surface area contributed by atoms with Crippen molar-refractivity contribution in [3.63, 3.8) is 0 Å². The third-order valence-corrected chi connectivity index (χ3v) is 7.46. The van der Waals surface area contributed by atoms with E-state index >= 15 is 0 Å². The van der Waals surface area contributed by atoms with Crippen molar-refractivity contribution in [2.45, 2.75) is 55.7 Å². The van der Waals surface area contributed by atoms with Crippen molar-refractivity contribution < 1.29 is 24.2 Å². The lowest BCUT2D eigenvalue weighted by Crippen LogP contribution is -2.48. The molecule has 2 aliphatic heterocycles. The molecule has 2 amide bonds. The molecule has 2 aliphatic rings. The van der Waals surface area contributed by atoms with Gasteiger partial charge in [-0.05, 0) is 48.2 Å². The number of aliphatic hydroxyl groups is 2. The molecule has 0 saturated carbocycles. The number of hydrogen-bond acceptors (Lipinski definition) is 5. The van der Waals surface area contributed by atoms with Crippen molar-refractivity contribution in [2.75, 3.05) is 18.5 Å². The quantitative estimate of drug-likeness (QED) is 0.365. The first kappa shape index (κ1) is 25.9. The average molecular weight is 524 g/mol. The monoisotopic (exact) mass is 523 g/mol. The van der Waals surface area contributed by atoms with Gasteiger partial charge in [-0.15, -0.1) is 0 Å². The molecule has 1 saturated heterocycles. The molecule has 0 bridgehead atoms. The van der Waals surface area contributed by atoms with Crippen LogP contribution in [0.15, 0.2) is 36.4 Å². The van der Waals surface area contributed by atoms with Crippen LogP contribution in [0.3, 0.4) is 0 Å². The molecular weight excluding hydrogens is 496 g/mol. The van der Waals surface area contributed by atoms with E-state index in [-0.39, 0.29) is 29.8 Å². The molecule has 0 unspecified atom stereocenters. The normalized spacial score (nSPS) is 26.0. The Bertz CT molecular complexity index is 1130. The highest BCUT2D eigenvalue weighted by Crippen LogP contribution is 2.56. The fourth-order valence-electron chi connectivity index (χ4n) is 5.46. The predicted molar refractivity (Wildman–Crippen MR) is 132 cm³/mol. The van der Waals surface area contributed by atoms with Crippen LogP contribution in [0.2, 0.25) is 10.0 Å². The summed E-state index contributed by atoms with van der Waals surface area (Å²) < 4.78 is 14.7. The highest BCUT2D eigenvalue weighted by Gasteiger charge is 2.65. The Morgan fingerprint density at radius 1 is 1.29 bits per heavy atom. The highest BCUT2D eigenvalue weighted by molar-refractivity contribution is 6.31. The van der Waals surface area contributed by atoms with Gasteiger partial charge < -0.3 is 26.2 Å². The van der Waals surface area contributed by atoms with Crippen LogP contribution in [0.25, 0.3) is 0 Å². The number of hydrogen-bond donors (Lipinski definition) is 5. The fourth-order valence-corrected chi connectivity index (χ4v) is 5.83. The van der Waals surface area contributed by atoms with Gasteiger partial charge >= 0.3 is 0 Å². The number of fused-ring (bicyclic) bond motifs is 2. The van der Waals surface area contributed by atoms with Gasteiger partial charge in [0.25, 0.3) is 0 Å². The lowest BCUT2D eigenvalue weighted by atomic mass is 9.64. The number of benzene rings is 2. The summed E-state index contributed by atoms with van der Waals surface area (Å²) in [5, 5.41) is 28.1. The van der Waals surface area contributed by atoms with E-state index in [9.17, 15) is 19.1 Å². The molecular formula is C25H28Cl2FN3O4. The van der Waals surface area contributed by atoms with E-state index in [2.05, 4.69) is 16.0 Å². The molecule has 5 N–H and O–H groups in total. The molecule has 2 aromatic carbocycles. The summed E-state index contributed by atoms with van der Waals surface area (Å²) in [6.45, 7) is 1.71. The zero-order chi connectivity index (χ0) is 25.3. The molecule has 0 radical (unpaired) electrons. The minimum Gasteiger partial charge on any atom is -0.394 e. The minimum absolute atomic E-state index is 0.102. The van der Waals surface area contributed by atoms with Gasteiger partial charge in [0.15, 0.2) is 0 Å². The van der Waals surface area contributed by atoms with E-state index < -0.39 is 41.9 Å². The second kappa shape index (κ2) is 10.4. The van der Waals surface area contributed by atoms with Crippen molar-refractivity contribution in [1.82, 2.24) is 10.6 Å². The van der Waals surface area contributed by atoms with Crippen LogP contribution >= 0.6 is 23.2 Å². The van der Waals surface area contributed by atoms with Crippen molar-refractivity contribution >= 4 is 40.7 Å². The maximum atomic E-state index is 14.7. The second-order valence-electron chi connectivity index (χ2n) is 9.07. The Hall–Kier alpha value is -2.23. The van der Waals surface area contributed by atoms with Gasteiger partial charge in [-0.25, -0.2) is 4.39 Å². The van der Waals surface area contributed by atoms with Crippen LogP contribution in [-0.4, -0.2) is 53.4 Å². The fraction of sp³-hybridized carbons (Fsp3) is 0.440.